The zero-order valence-electron chi connectivity index (χ0n) is 7.40. The van der Waals surface area contributed by atoms with Crippen LogP contribution in [0.25, 0.3) is 0 Å². The minimum Gasteiger partial charge on any atom is -0.493 e. The molecule has 0 radical (unpaired) electrons. The molecule has 13 heavy (non-hydrogen) atoms. The molecule has 1 fully saturated rings. The van der Waals surface area contributed by atoms with Crippen LogP contribution >= 0.6 is 0 Å². The molecule has 0 saturated carbocycles. The Hall–Kier alpha value is -1.16. The average molecular weight is 179 g/mol. The summed E-state index contributed by atoms with van der Waals surface area (Å²) in [5.41, 5.74) is 0. The Balaban J connectivity index is 2.14. The van der Waals surface area contributed by atoms with E-state index in [0.717, 1.165) is 31.8 Å². The van der Waals surface area contributed by atoms with Crippen LogP contribution in [0.2, 0.25) is 0 Å². The lowest BCUT2D eigenvalue weighted by atomic mass is 9.97. The molecule has 2 N–H and O–H groups in total. The van der Waals surface area contributed by atoms with Crippen molar-refractivity contribution in [2.24, 2.45) is 0 Å². The SMILES string of the molecule is Oc1ccnc(C2CCNCC2)n1. The Kier molecular flexibility index (Phi) is 2.40. The second-order valence-corrected chi connectivity index (χ2v) is 3.30. The monoisotopic (exact) mass is 179 g/mol. The summed E-state index contributed by atoms with van der Waals surface area (Å²) in [4.78, 5) is 8.18. The van der Waals surface area contributed by atoms with Crippen molar-refractivity contribution in [3.8, 4) is 5.88 Å². The van der Waals surface area contributed by atoms with E-state index in [1.54, 1.807) is 6.20 Å². The van der Waals surface area contributed by atoms with Crippen LogP contribution in [0.4, 0.5) is 0 Å². The lowest BCUT2D eigenvalue weighted by Gasteiger charge is -2.20. The number of aromatic nitrogens is 2. The Morgan fingerprint density at radius 2 is 2.15 bits per heavy atom. The average Bonchev–Trinajstić information content (AvgIpc) is 2.19. The van der Waals surface area contributed by atoms with E-state index in [1.165, 1.54) is 6.07 Å². The first-order valence-electron chi connectivity index (χ1n) is 4.59. The molecule has 1 aliphatic rings. The molecule has 4 nitrogen and oxygen atoms in total. The van der Waals surface area contributed by atoms with Crippen molar-refractivity contribution in [2.75, 3.05) is 13.1 Å². The summed E-state index contributed by atoms with van der Waals surface area (Å²) in [6, 6.07) is 1.50. The van der Waals surface area contributed by atoms with Gasteiger partial charge in [0.25, 0.3) is 0 Å². The third-order valence-corrected chi connectivity index (χ3v) is 2.36. The summed E-state index contributed by atoms with van der Waals surface area (Å²) in [7, 11) is 0. The van der Waals surface area contributed by atoms with E-state index < -0.39 is 0 Å². The van der Waals surface area contributed by atoms with Gasteiger partial charge in [-0.2, -0.15) is 4.98 Å². The van der Waals surface area contributed by atoms with Gasteiger partial charge >= 0.3 is 0 Å². The van der Waals surface area contributed by atoms with Crippen LogP contribution in [0, 0.1) is 0 Å². The maximum Gasteiger partial charge on any atom is 0.214 e. The smallest absolute Gasteiger partial charge is 0.214 e. The first kappa shape index (κ1) is 8.44. The summed E-state index contributed by atoms with van der Waals surface area (Å²) >= 11 is 0. The van der Waals surface area contributed by atoms with Crippen molar-refractivity contribution >= 4 is 0 Å². The minimum absolute atomic E-state index is 0.0727. The standard InChI is InChI=1S/C9H13N3O/c13-8-3-6-11-9(12-8)7-1-4-10-5-2-7/h3,6-7,10H,1-2,4-5H2,(H,11,12,13). The molecule has 0 bridgehead atoms. The van der Waals surface area contributed by atoms with E-state index in [9.17, 15) is 5.11 Å². The molecule has 4 heteroatoms. The second-order valence-electron chi connectivity index (χ2n) is 3.30. The summed E-state index contributed by atoms with van der Waals surface area (Å²) in [5, 5.41) is 12.5. The summed E-state index contributed by atoms with van der Waals surface area (Å²) in [5.74, 6) is 1.26. The Bertz CT molecular complexity index is 284. The fraction of sp³-hybridized carbons (Fsp3) is 0.556. The molecule has 0 aromatic carbocycles. The number of piperidine rings is 1. The molecule has 1 aliphatic heterocycles. The molecule has 0 unspecified atom stereocenters. The Labute approximate surface area is 77.0 Å². The molecule has 2 heterocycles. The topological polar surface area (TPSA) is 58.0 Å². The van der Waals surface area contributed by atoms with Crippen molar-refractivity contribution in [2.45, 2.75) is 18.8 Å². The van der Waals surface area contributed by atoms with Gasteiger partial charge in [-0.25, -0.2) is 4.98 Å². The fourth-order valence-electron chi connectivity index (χ4n) is 1.64. The number of rotatable bonds is 1. The van der Waals surface area contributed by atoms with Gasteiger partial charge in [0, 0.05) is 18.2 Å². The number of nitrogens with zero attached hydrogens (tertiary/aromatic N) is 2. The normalized spacial score (nSPS) is 18.8. The number of hydrogen-bond acceptors (Lipinski definition) is 4. The molecular weight excluding hydrogens is 166 g/mol. The highest BCUT2D eigenvalue weighted by molar-refractivity contribution is 5.09. The zero-order valence-corrected chi connectivity index (χ0v) is 7.40. The van der Waals surface area contributed by atoms with Crippen molar-refractivity contribution in [3.05, 3.63) is 18.1 Å². The highest BCUT2D eigenvalue weighted by Gasteiger charge is 2.17. The quantitative estimate of drug-likeness (QED) is 0.664. The fourth-order valence-corrected chi connectivity index (χ4v) is 1.64. The van der Waals surface area contributed by atoms with Crippen LogP contribution in [-0.2, 0) is 0 Å². The molecule has 70 valence electrons. The van der Waals surface area contributed by atoms with E-state index >= 15 is 0 Å². The van der Waals surface area contributed by atoms with Crippen molar-refractivity contribution in [3.63, 3.8) is 0 Å². The van der Waals surface area contributed by atoms with Crippen LogP contribution in [-0.4, -0.2) is 28.2 Å². The van der Waals surface area contributed by atoms with E-state index in [2.05, 4.69) is 15.3 Å². The van der Waals surface area contributed by atoms with Crippen LogP contribution in [0.5, 0.6) is 5.88 Å². The van der Waals surface area contributed by atoms with Gasteiger partial charge in [-0.15, -0.1) is 0 Å². The number of aromatic hydroxyl groups is 1. The van der Waals surface area contributed by atoms with Crippen LogP contribution in [0.15, 0.2) is 12.3 Å². The summed E-state index contributed by atoms with van der Waals surface area (Å²) in [6.45, 7) is 2.04. The van der Waals surface area contributed by atoms with Crippen LogP contribution in [0.1, 0.15) is 24.6 Å². The van der Waals surface area contributed by atoms with E-state index in [0.29, 0.717) is 5.92 Å². The highest BCUT2D eigenvalue weighted by atomic mass is 16.3. The van der Waals surface area contributed by atoms with Crippen LogP contribution in [0.3, 0.4) is 0 Å². The van der Waals surface area contributed by atoms with Crippen molar-refractivity contribution in [1.82, 2.24) is 15.3 Å². The minimum atomic E-state index is 0.0727. The molecule has 0 atom stereocenters. The number of hydrogen-bond donors (Lipinski definition) is 2. The van der Waals surface area contributed by atoms with E-state index in [1.807, 2.05) is 0 Å². The highest BCUT2D eigenvalue weighted by Crippen LogP contribution is 2.22. The lowest BCUT2D eigenvalue weighted by molar-refractivity contribution is 0.420. The third-order valence-electron chi connectivity index (χ3n) is 2.36. The Morgan fingerprint density at radius 3 is 2.85 bits per heavy atom. The van der Waals surface area contributed by atoms with Gasteiger partial charge in [0.2, 0.25) is 5.88 Å². The van der Waals surface area contributed by atoms with Gasteiger partial charge < -0.3 is 10.4 Å². The van der Waals surface area contributed by atoms with Gasteiger partial charge in [-0.05, 0) is 25.9 Å². The molecule has 0 spiro atoms. The van der Waals surface area contributed by atoms with Crippen molar-refractivity contribution in [1.29, 1.82) is 0 Å². The first-order valence-corrected chi connectivity index (χ1v) is 4.59. The predicted molar refractivity (Wildman–Crippen MR) is 48.5 cm³/mol. The van der Waals surface area contributed by atoms with Gasteiger partial charge in [-0.3, -0.25) is 0 Å². The Morgan fingerprint density at radius 1 is 1.38 bits per heavy atom. The molecule has 1 aromatic rings. The predicted octanol–water partition coefficient (Wildman–Crippen LogP) is 0.649. The van der Waals surface area contributed by atoms with Gasteiger partial charge in [-0.1, -0.05) is 0 Å². The first-order chi connectivity index (χ1) is 6.36. The molecule has 0 amide bonds. The summed E-state index contributed by atoms with van der Waals surface area (Å²) < 4.78 is 0. The zero-order chi connectivity index (χ0) is 9.10. The molecule has 1 aromatic heterocycles. The maximum absolute atomic E-state index is 9.18. The van der Waals surface area contributed by atoms with Crippen molar-refractivity contribution < 1.29 is 5.11 Å². The second kappa shape index (κ2) is 3.70. The molecule has 2 rings (SSSR count). The van der Waals surface area contributed by atoms with Gasteiger partial charge in [0.05, 0.1) is 0 Å². The van der Waals surface area contributed by atoms with Gasteiger partial charge in [0.15, 0.2) is 0 Å². The number of nitrogens with one attached hydrogen (secondary N) is 1. The maximum atomic E-state index is 9.18. The van der Waals surface area contributed by atoms with E-state index in [4.69, 9.17) is 0 Å². The largest absolute Gasteiger partial charge is 0.493 e. The van der Waals surface area contributed by atoms with E-state index in [-0.39, 0.29) is 5.88 Å². The van der Waals surface area contributed by atoms with Crippen LogP contribution < -0.4 is 5.32 Å². The summed E-state index contributed by atoms with van der Waals surface area (Å²) in [6.07, 6.45) is 3.73. The molecule has 1 saturated heterocycles. The molecular formula is C9H13N3O. The third kappa shape index (κ3) is 1.95. The lowest BCUT2D eigenvalue weighted by Crippen LogP contribution is -2.27. The van der Waals surface area contributed by atoms with Gasteiger partial charge in [0.1, 0.15) is 5.82 Å². The molecule has 0 aliphatic carbocycles.